The number of nitro benzene ring substituents is 1. The maximum absolute atomic E-state index is 12.6. The summed E-state index contributed by atoms with van der Waals surface area (Å²) in [4.78, 5) is 34.9. The fourth-order valence-corrected chi connectivity index (χ4v) is 3.46. The van der Waals surface area contributed by atoms with E-state index in [2.05, 4.69) is 10.4 Å². The SMILES string of the molecule is Cc1nn(Cc2ccccc2Cl)c(C)c1C(=O)OCC(=O)Nc1ccc([N+](=O)[O-])cc1Cl. The molecule has 9 nitrogen and oxygen atoms in total. The Balaban J connectivity index is 1.65. The van der Waals surface area contributed by atoms with Crippen LogP contribution in [-0.4, -0.2) is 33.2 Å². The van der Waals surface area contributed by atoms with Gasteiger partial charge in [0.25, 0.3) is 11.6 Å². The number of rotatable bonds is 7. The van der Waals surface area contributed by atoms with Crippen molar-refractivity contribution in [2.45, 2.75) is 20.4 Å². The van der Waals surface area contributed by atoms with Gasteiger partial charge < -0.3 is 10.1 Å². The number of ether oxygens (including phenoxy) is 1. The molecule has 1 heterocycles. The van der Waals surface area contributed by atoms with Crippen molar-refractivity contribution in [2.24, 2.45) is 0 Å². The van der Waals surface area contributed by atoms with Gasteiger partial charge in [-0.05, 0) is 31.5 Å². The van der Waals surface area contributed by atoms with Crippen LogP contribution in [0, 0.1) is 24.0 Å². The number of non-ortho nitro benzene ring substituents is 1. The van der Waals surface area contributed by atoms with Crippen LogP contribution in [0.4, 0.5) is 11.4 Å². The molecule has 3 aromatic rings. The van der Waals surface area contributed by atoms with E-state index in [1.54, 1.807) is 24.6 Å². The van der Waals surface area contributed by atoms with Crippen molar-refractivity contribution >= 4 is 46.5 Å². The molecule has 0 aliphatic rings. The Morgan fingerprint density at radius 1 is 1.16 bits per heavy atom. The summed E-state index contributed by atoms with van der Waals surface area (Å²) in [5, 5.41) is 18.2. The number of carbonyl (C=O) groups excluding carboxylic acids is 2. The average molecular weight is 477 g/mol. The number of hydrogen-bond acceptors (Lipinski definition) is 6. The van der Waals surface area contributed by atoms with Crippen molar-refractivity contribution in [3.63, 3.8) is 0 Å². The highest BCUT2D eigenvalue weighted by Gasteiger charge is 2.21. The third-order valence-electron chi connectivity index (χ3n) is 4.64. The quantitative estimate of drug-likeness (QED) is 0.303. The van der Waals surface area contributed by atoms with E-state index in [1.165, 1.54) is 12.1 Å². The largest absolute Gasteiger partial charge is 0.452 e. The van der Waals surface area contributed by atoms with E-state index in [4.69, 9.17) is 27.9 Å². The molecule has 1 aromatic heterocycles. The van der Waals surface area contributed by atoms with Crippen molar-refractivity contribution in [2.75, 3.05) is 11.9 Å². The van der Waals surface area contributed by atoms with Crippen LogP contribution in [0.25, 0.3) is 0 Å². The summed E-state index contributed by atoms with van der Waals surface area (Å²) >= 11 is 12.2. The van der Waals surface area contributed by atoms with E-state index in [-0.39, 0.29) is 22.0 Å². The van der Waals surface area contributed by atoms with Gasteiger partial charge in [0.2, 0.25) is 0 Å². The van der Waals surface area contributed by atoms with Gasteiger partial charge in [-0.1, -0.05) is 41.4 Å². The Labute approximate surface area is 193 Å². The minimum absolute atomic E-state index is 0.00795. The first-order valence-electron chi connectivity index (χ1n) is 9.35. The van der Waals surface area contributed by atoms with Crippen molar-refractivity contribution < 1.29 is 19.2 Å². The molecule has 0 bridgehead atoms. The molecule has 32 heavy (non-hydrogen) atoms. The molecule has 0 saturated heterocycles. The van der Waals surface area contributed by atoms with Crippen LogP contribution in [0.2, 0.25) is 10.0 Å². The van der Waals surface area contributed by atoms with E-state index < -0.39 is 23.4 Å². The molecule has 1 amide bonds. The summed E-state index contributed by atoms with van der Waals surface area (Å²) in [6.07, 6.45) is 0. The Bertz CT molecular complexity index is 1210. The molecule has 0 radical (unpaired) electrons. The van der Waals surface area contributed by atoms with Crippen molar-refractivity contribution in [3.8, 4) is 0 Å². The summed E-state index contributed by atoms with van der Waals surface area (Å²) < 4.78 is 6.77. The number of carbonyl (C=O) groups is 2. The molecule has 3 rings (SSSR count). The molecule has 1 N–H and O–H groups in total. The van der Waals surface area contributed by atoms with E-state index in [1.807, 2.05) is 18.2 Å². The smallest absolute Gasteiger partial charge is 0.342 e. The van der Waals surface area contributed by atoms with Gasteiger partial charge in [-0.25, -0.2) is 4.79 Å². The number of anilines is 1. The van der Waals surface area contributed by atoms with Gasteiger partial charge in [-0.2, -0.15) is 5.10 Å². The van der Waals surface area contributed by atoms with E-state index >= 15 is 0 Å². The number of nitro groups is 1. The number of nitrogens with zero attached hydrogens (tertiary/aromatic N) is 3. The molecule has 0 aliphatic heterocycles. The van der Waals surface area contributed by atoms with Gasteiger partial charge in [0, 0.05) is 17.2 Å². The molecule has 0 unspecified atom stereocenters. The van der Waals surface area contributed by atoms with Crippen LogP contribution >= 0.6 is 23.2 Å². The van der Waals surface area contributed by atoms with Gasteiger partial charge in [-0.15, -0.1) is 0 Å². The molecular weight excluding hydrogens is 459 g/mol. The van der Waals surface area contributed by atoms with Crippen LogP contribution in [-0.2, 0) is 16.1 Å². The first-order chi connectivity index (χ1) is 15.2. The summed E-state index contributed by atoms with van der Waals surface area (Å²) in [6.45, 7) is 3.20. The normalized spacial score (nSPS) is 10.6. The van der Waals surface area contributed by atoms with Crippen molar-refractivity contribution in [3.05, 3.63) is 85.1 Å². The van der Waals surface area contributed by atoms with Gasteiger partial charge >= 0.3 is 5.97 Å². The summed E-state index contributed by atoms with van der Waals surface area (Å²) in [5.41, 5.74) is 2.10. The van der Waals surface area contributed by atoms with Crippen LogP contribution in [0.15, 0.2) is 42.5 Å². The Morgan fingerprint density at radius 3 is 2.53 bits per heavy atom. The summed E-state index contributed by atoms with van der Waals surface area (Å²) in [7, 11) is 0. The minimum atomic E-state index is -0.699. The van der Waals surface area contributed by atoms with E-state index in [0.717, 1.165) is 11.6 Å². The lowest BCUT2D eigenvalue weighted by Gasteiger charge is -2.09. The van der Waals surface area contributed by atoms with Crippen LogP contribution in [0.3, 0.4) is 0 Å². The lowest BCUT2D eigenvalue weighted by molar-refractivity contribution is -0.384. The zero-order valence-corrected chi connectivity index (χ0v) is 18.6. The second-order valence-corrected chi connectivity index (χ2v) is 7.65. The number of hydrogen-bond donors (Lipinski definition) is 1. The number of aromatic nitrogens is 2. The topological polar surface area (TPSA) is 116 Å². The minimum Gasteiger partial charge on any atom is -0.452 e. The first kappa shape index (κ1) is 23.2. The molecule has 166 valence electrons. The highest BCUT2D eigenvalue weighted by molar-refractivity contribution is 6.34. The number of benzene rings is 2. The lowest BCUT2D eigenvalue weighted by atomic mass is 10.2. The zero-order chi connectivity index (χ0) is 23.4. The molecule has 2 aromatic carbocycles. The molecule has 0 spiro atoms. The summed E-state index contributed by atoms with van der Waals surface area (Å²) in [5.74, 6) is -1.34. The van der Waals surface area contributed by atoms with Gasteiger partial charge in [0.1, 0.15) is 5.56 Å². The molecule has 0 aliphatic carbocycles. The lowest BCUT2D eigenvalue weighted by Crippen LogP contribution is -2.21. The highest BCUT2D eigenvalue weighted by Crippen LogP contribution is 2.26. The number of halogens is 2. The first-order valence-corrected chi connectivity index (χ1v) is 10.1. The standard InChI is InChI=1S/C21H18Cl2N4O5/c1-12-20(13(2)26(25-12)10-14-5-3-4-6-16(14)22)21(29)32-11-19(28)24-18-8-7-15(27(30)31)9-17(18)23/h3-9H,10-11H2,1-2H3,(H,24,28). The third kappa shape index (κ3) is 5.24. The van der Waals surface area contributed by atoms with Crippen LogP contribution in [0.5, 0.6) is 0 Å². The Morgan fingerprint density at radius 2 is 1.88 bits per heavy atom. The predicted octanol–water partition coefficient (Wildman–Crippen LogP) is 4.56. The fraction of sp³-hybridized carbons (Fsp3) is 0.190. The molecular formula is C21H18Cl2N4O5. The average Bonchev–Trinajstić information content (AvgIpc) is 3.02. The zero-order valence-electron chi connectivity index (χ0n) is 17.1. The molecule has 0 fully saturated rings. The number of amides is 1. The van der Waals surface area contributed by atoms with Crippen molar-refractivity contribution in [1.29, 1.82) is 0 Å². The van der Waals surface area contributed by atoms with Crippen molar-refractivity contribution in [1.82, 2.24) is 9.78 Å². The van der Waals surface area contributed by atoms with Gasteiger partial charge in [-0.3, -0.25) is 19.6 Å². The number of aryl methyl sites for hydroxylation is 1. The fourth-order valence-electron chi connectivity index (χ4n) is 3.04. The maximum atomic E-state index is 12.6. The molecule has 11 heteroatoms. The number of esters is 1. The van der Waals surface area contributed by atoms with E-state index in [0.29, 0.717) is 23.0 Å². The second-order valence-electron chi connectivity index (χ2n) is 6.84. The second kappa shape index (κ2) is 9.80. The third-order valence-corrected chi connectivity index (χ3v) is 5.32. The molecule has 0 saturated carbocycles. The van der Waals surface area contributed by atoms with Crippen LogP contribution in [0.1, 0.15) is 27.3 Å². The number of nitrogens with one attached hydrogen (secondary N) is 1. The Kier molecular flexibility index (Phi) is 7.12. The van der Waals surface area contributed by atoms with E-state index in [9.17, 15) is 19.7 Å². The van der Waals surface area contributed by atoms with Gasteiger partial charge in [0.05, 0.1) is 33.6 Å². The monoisotopic (exact) mass is 476 g/mol. The molecule has 0 atom stereocenters. The maximum Gasteiger partial charge on any atom is 0.342 e. The Hall–Kier alpha value is -3.43. The predicted molar refractivity (Wildman–Crippen MR) is 119 cm³/mol. The highest BCUT2D eigenvalue weighted by atomic mass is 35.5. The van der Waals surface area contributed by atoms with Gasteiger partial charge in [0.15, 0.2) is 6.61 Å². The summed E-state index contributed by atoms with van der Waals surface area (Å²) in [6, 6.07) is 10.9. The van der Waals surface area contributed by atoms with Crippen LogP contribution < -0.4 is 5.32 Å².